The van der Waals surface area contributed by atoms with Crippen LogP contribution in [0, 0.1) is 0 Å². The topological polar surface area (TPSA) is 128 Å². The minimum absolute atomic E-state index is 0.229. The van der Waals surface area contributed by atoms with Gasteiger partial charge in [-0.15, -0.1) is 0 Å². The van der Waals surface area contributed by atoms with Crippen LogP contribution in [0.1, 0.15) is 11.3 Å². The number of pyridine rings is 1. The Morgan fingerprint density at radius 2 is 1.26 bits per heavy atom. The summed E-state index contributed by atoms with van der Waals surface area (Å²) in [6, 6.07) is 23.0. The van der Waals surface area contributed by atoms with Crippen molar-refractivity contribution in [2.75, 3.05) is 24.5 Å². The second-order valence-electron chi connectivity index (χ2n) is 9.19. The third-order valence-corrected chi connectivity index (χ3v) is 7.97. The highest BCUT2D eigenvalue weighted by atomic mass is 32.2. The maximum absolute atomic E-state index is 12.9. The summed E-state index contributed by atoms with van der Waals surface area (Å²) in [7, 11) is -3.46. The van der Waals surface area contributed by atoms with E-state index in [1.54, 1.807) is 34.8 Å². The van der Waals surface area contributed by atoms with Gasteiger partial charge in [0.25, 0.3) is 0 Å². The number of halogens is 6. The van der Waals surface area contributed by atoms with E-state index in [9.17, 15) is 34.8 Å². The average Bonchev–Trinajstić information content (AvgIpc) is 3.23. The molecule has 226 valence electrons. The van der Waals surface area contributed by atoms with Crippen LogP contribution in [0.5, 0.6) is 0 Å². The number of nitrogens with zero attached hydrogens (tertiary/aromatic N) is 3. The zero-order valence-corrected chi connectivity index (χ0v) is 22.2. The molecule has 2 aliphatic rings. The van der Waals surface area contributed by atoms with Crippen LogP contribution in [0.4, 0.5) is 32.0 Å². The summed E-state index contributed by atoms with van der Waals surface area (Å²) in [6.45, 7) is 2.53. The number of hydrogen-bond donors (Lipinski definition) is 2. The fourth-order valence-corrected chi connectivity index (χ4v) is 5.95. The Balaban J connectivity index is 0.000000289. The van der Waals surface area contributed by atoms with Gasteiger partial charge in [-0.3, -0.25) is 4.98 Å². The first-order valence-electron chi connectivity index (χ1n) is 11.9. The van der Waals surface area contributed by atoms with Crippen LogP contribution >= 0.6 is 0 Å². The van der Waals surface area contributed by atoms with E-state index >= 15 is 0 Å². The van der Waals surface area contributed by atoms with Crippen molar-refractivity contribution in [2.24, 2.45) is 0 Å². The maximum Gasteiger partial charge on any atom is 0.490 e. The molecule has 0 radical (unpaired) electrons. The highest BCUT2D eigenvalue weighted by Crippen LogP contribution is 2.47. The third-order valence-electron chi connectivity index (χ3n) is 6.16. The number of rotatable bonds is 4. The van der Waals surface area contributed by atoms with E-state index < -0.39 is 34.3 Å². The van der Waals surface area contributed by atoms with Gasteiger partial charge in [0.1, 0.15) is 0 Å². The minimum atomic E-state index is -5.08. The van der Waals surface area contributed by atoms with Crippen LogP contribution in [-0.2, 0) is 31.6 Å². The number of sulfonamides is 1. The lowest BCUT2D eigenvalue weighted by atomic mass is 9.80. The van der Waals surface area contributed by atoms with Crippen LogP contribution < -0.4 is 4.90 Å². The molecule has 16 heteroatoms. The van der Waals surface area contributed by atoms with Crippen LogP contribution in [0.3, 0.4) is 0 Å². The summed E-state index contributed by atoms with van der Waals surface area (Å²) in [5.41, 5.74) is 3.14. The van der Waals surface area contributed by atoms with E-state index in [0.29, 0.717) is 18.0 Å². The van der Waals surface area contributed by atoms with Crippen molar-refractivity contribution in [2.45, 2.75) is 29.2 Å². The monoisotopic (exact) mass is 619 g/mol. The van der Waals surface area contributed by atoms with Crippen LogP contribution in [0.2, 0.25) is 0 Å². The summed E-state index contributed by atoms with van der Waals surface area (Å²) >= 11 is 0. The quantitative estimate of drug-likeness (QED) is 0.414. The second kappa shape index (κ2) is 12.4. The standard InChI is InChI=1S/C22H21N3O2S.2C2HF3O2/c26-28(27,19-10-5-2-6-11-19)25-16-22(17-25)15-24(14-18-8-3-1-4-9-18)20-12-7-13-23-21(20)22;2*3-2(4,5)1(6)7/h1-13H,14-17H2;2*(H,6,7). The van der Waals surface area contributed by atoms with Crippen molar-refractivity contribution < 1.29 is 54.6 Å². The first-order valence-corrected chi connectivity index (χ1v) is 13.3. The molecule has 3 heterocycles. The fraction of sp³-hybridized carbons (Fsp3) is 0.269. The summed E-state index contributed by atoms with van der Waals surface area (Å²) < 4.78 is 90.9. The average molecular weight is 620 g/mol. The summed E-state index contributed by atoms with van der Waals surface area (Å²) in [5.74, 6) is -5.51. The van der Waals surface area contributed by atoms with Crippen molar-refractivity contribution >= 4 is 27.6 Å². The lowest BCUT2D eigenvalue weighted by molar-refractivity contribution is -0.193. The highest BCUT2D eigenvalue weighted by Gasteiger charge is 2.55. The van der Waals surface area contributed by atoms with Crippen molar-refractivity contribution in [1.29, 1.82) is 0 Å². The molecule has 42 heavy (non-hydrogen) atoms. The van der Waals surface area contributed by atoms with Gasteiger partial charge in [-0.2, -0.15) is 30.6 Å². The normalized spacial score (nSPS) is 15.8. The largest absolute Gasteiger partial charge is 0.490 e. The Labute approximate surface area is 235 Å². The lowest BCUT2D eigenvalue weighted by Crippen LogP contribution is -2.62. The first-order chi connectivity index (χ1) is 19.5. The molecule has 1 fully saturated rings. The Morgan fingerprint density at radius 1 is 0.786 bits per heavy atom. The van der Waals surface area contributed by atoms with Gasteiger partial charge >= 0.3 is 24.3 Å². The summed E-state index contributed by atoms with van der Waals surface area (Å²) in [5, 5.41) is 14.2. The predicted molar refractivity (Wildman–Crippen MR) is 136 cm³/mol. The molecule has 0 atom stereocenters. The number of anilines is 1. The number of aliphatic carboxylic acids is 2. The molecule has 2 aliphatic heterocycles. The van der Waals surface area contributed by atoms with Gasteiger partial charge < -0.3 is 15.1 Å². The fourth-order valence-electron chi connectivity index (χ4n) is 4.32. The molecule has 0 amide bonds. The van der Waals surface area contributed by atoms with Gasteiger partial charge in [0.2, 0.25) is 10.0 Å². The van der Waals surface area contributed by atoms with E-state index in [1.807, 2.05) is 30.3 Å². The van der Waals surface area contributed by atoms with Gasteiger partial charge in [0.05, 0.1) is 21.7 Å². The zero-order valence-electron chi connectivity index (χ0n) is 21.4. The number of alkyl halides is 6. The number of carbonyl (C=O) groups is 2. The van der Waals surface area contributed by atoms with E-state index in [0.717, 1.165) is 24.5 Å². The van der Waals surface area contributed by atoms with Gasteiger partial charge in [-0.1, -0.05) is 48.5 Å². The Kier molecular flexibility index (Phi) is 9.52. The van der Waals surface area contributed by atoms with Gasteiger partial charge in [-0.25, -0.2) is 18.0 Å². The number of benzene rings is 2. The molecule has 5 rings (SSSR count). The number of fused-ring (bicyclic) bond motifs is 2. The van der Waals surface area contributed by atoms with E-state index in [4.69, 9.17) is 19.8 Å². The molecule has 0 unspecified atom stereocenters. The molecular formula is C26H23F6N3O6S. The molecule has 1 aromatic heterocycles. The molecule has 1 saturated heterocycles. The third kappa shape index (κ3) is 7.55. The zero-order chi connectivity index (χ0) is 31.3. The molecule has 0 saturated carbocycles. The van der Waals surface area contributed by atoms with Crippen LogP contribution in [0.15, 0.2) is 83.9 Å². The van der Waals surface area contributed by atoms with E-state index in [-0.39, 0.29) is 5.41 Å². The molecule has 9 nitrogen and oxygen atoms in total. The van der Waals surface area contributed by atoms with Crippen LogP contribution in [-0.4, -0.2) is 71.8 Å². The van der Waals surface area contributed by atoms with E-state index in [2.05, 4.69) is 28.1 Å². The second-order valence-corrected chi connectivity index (χ2v) is 11.1. The van der Waals surface area contributed by atoms with Gasteiger partial charge in [0.15, 0.2) is 0 Å². The van der Waals surface area contributed by atoms with E-state index in [1.165, 1.54) is 5.56 Å². The molecule has 3 aromatic rings. The van der Waals surface area contributed by atoms with Gasteiger partial charge in [0, 0.05) is 32.4 Å². The molecule has 0 bridgehead atoms. The van der Waals surface area contributed by atoms with Crippen molar-refractivity contribution in [3.05, 3.63) is 90.3 Å². The minimum Gasteiger partial charge on any atom is -0.475 e. The molecule has 0 aliphatic carbocycles. The first kappa shape index (κ1) is 32.3. The number of carboxylic acids is 2. The highest BCUT2D eigenvalue weighted by molar-refractivity contribution is 7.89. The lowest BCUT2D eigenvalue weighted by Gasteiger charge is -2.46. The van der Waals surface area contributed by atoms with Crippen LogP contribution in [0.25, 0.3) is 0 Å². The SMILES string of the molecule is O=C(O)C(F)(F)F.O=C(O)C(F)(F)F.O=S(=O)(c1ccccc1)N1CC2(CN(Cc3ccccc3)c3cccnc32)C1. The van der Waals surface area contributed by atoms with Crippen molar-refractivity contribution in [3.8, 4) is 0 Å². The Morgan fingerprint density at radius 3 is 1.74 bits per heavy atom. The Hall–Kier alpha value is -4.18. The summed E-state index contributed by atoms with van der Waals surface area (Å²) in [4.78, 5) is 25.1. The molecule has 1 spiro atoms. The number of hydrogen-bond acceptors (Lipinski definition) is 6. The number of aromatic nitrogens is 1. The molecule has 2 N–H and O–H groups in total. The van der Waals surface area contributed by atoms with Gasteiger partial charge in [-0.05, 0) is 29.8 Å². The smallest absolute Gasteiger partial charge is 0.475 e. The Bertz CT molecular complexity index is 1470. The number of carboxylic acid groups (broad SMARTS) is 2. The molecular weight excluding hydrogens is 596 g/mol. The van der Waals surface area contributed by atoms with Crippen molar-refractivity contribution in [1.82, 2.24) is 9.29 Å². The maximum atomic E-state index is 12.9. The molecule has 2 aromatic carbocycles. The predicted octanol–water partition coefficient (Wildman–Crippen LogP) is 4.31. The summed E-state index contributed by atoms with van der Waals surface area (Å²) in [6.07, 6.45) is -8.36. The van der Waals surface area contributed by atoms with Crippen molar-refractivity contribution in [3.63, 3.8) is 0 Å².